The minimum Gasteiger partial charge on any atom is -0.508 e. The van der Waals surface area contributed by atoms with Crippen molar-refractivity contribution >= 4 is 17.2 Å². The Morgan fingerprint density at radius 2 is 2.12 bits per heavy atom. The molecule has 3 aromatic rings. The van der Waals surface area contributed by atoms with Gasteiger partial charge in [-0.05, 0) is 44.2 Å². The van der Waals surface area contributed by atoms with Crippen molar-refractivity contribution in [3.8, 4) is 5.75 Å². The van der Waals surface area contributed by atoms with Gasteiger partial charge in [-0.2, -0.15) is 0 Å². The van der Waals surface area contributed by atoms with Crippen LogP contribution in [0.25, 0.3) is 5.65 Å². The number of ether oxygens (including phenoxy) is 1. The van der Waals surface area contributed by atoms with E-state index in [1.807, 2.05) is 13.8 Å². The maximum atomic E-state index is 12.3. The summed E-state index contributed by atoms with van der Waals surface area (Å²) in [7, 11) is 0. The van der Waals surface area contributed by atoms with E-state index < -0.39 is 5.91 Å². The zero-order valence-corrected chi connectivity index (χ0v) is 14.5. The van der Waals surface area contributed by atoms with Gasteiger partial charge in [0.1, 0.15) is 12.3 Å². The number of rotatable bonds is 6. The van der Waals surface area contributed by atoms with E-state index in [-0.39, 0.29) is 30.7 Å². The van der Waals surface area contributed by atoms with Crippen molar-refractivity contribution < 1.29 is 14.6 Å². The van der Waals surface area contributed by atoms with Crippen LogP contribution in [0.5, 0.6) is 5.75 Å². The van der Waals surface area contributed by atoms with Crippen molar-refractivity contribution in [1.29, 1.82) is 0 Å². The first-order chi connectivity index (χ1) is 12.4. The molecule has 2 aromatic heterocycles. The van der Waals surface area contributed by atoms with Gasteiger partial charge in [-0.25, -0.2) is 9.48 Å². The number of hydrogen-bond donors (Lipinski definition) is 2. The van der Waals surface area contributed by atoms with E-state index in [2.05, 4.69) is 10.4 Å². The number of phenolic OH excluding ortho intramolecular Hbond substituents is 1. The average Bonchev–Trinajstić information content (AvgIpc) is 2.91. The highest BCUT2D eigenvalue weighted by atomic mass is 16.5. The summed E-state index contributed by atoms with van der Waals surface area (Å²) in [6, 6.07) is 9.89. The van der Waals surface area contributed by atoms with Crippen molar-refractivity contribution in [2.45, 2.75) is 33.1 Å². The SMILES string of the molecule is CC(C)OCc1cc(NC(=O)Cn2nc3ccccn3c2=O)ccc1O. The van der Waals surface area contributed by atoms with Crippen LogP contribution in [0.15, 0.2) is 47.4 Å². The van der Waals surface area contributed by atoms with E-state index in [0.717, 1.165) is 4.68 Å². The highest BCUT2D eigenvalue weighted by Gasteiger charge is 2.12. The fourth-order valence-corrected chi connectivity index (χ4v) is 2.44. The largest absolute Gasteiger partial charge is 0.508 e. The van der Waals surface area contributed by atoms with Gasteiger partial charge in [0.15, 0.2) is 5.65 Å². The van der Waals surface area contributed by atoms with Gasteiger partial charge in [-0.3, -0.25) is 9.20 Å². The number of pyridine rings is 1. The molecule has 0 aliphatic rings. The fourth-order valence-electron chi connectivity index (χ4n) is 2.44. The van der Waals surface area contributed by atoms with Crippen LogP contribution in [0.4, 0.5) is 5.69 Å². The summed E-state index contributed by atoms with van der Waals surface area (Å²) in [4.78, 5) is 24.5. The predicted octanol–water partition coefficient (Wildman–Crippen LogP) is 1.77. The zero-order valence-electron chi connectivity index (χ0n) is 14.5. The van der Waals surface area contributed by atoms with E-state index in [1.54, 1.807) is 36.5 Å². The molecule has 0 fully saturated rings. The number of phenols is 1. The molecule has 0 aliphatic carbocycles. The van der Waals surface area contributed by atoms with E-state index in [0.29, 0.717) is 16.9 Å². The monoisotopic (exact) mass is 356 g/mol. The Bertz CT molecular complexity index is 990. The number of nitrogens with one attached hydrogen (secondary N) is 1. The molecule has 0 atom stereocenters. The second-order valence-electron chi connectivity index (χ2n) is 6.12. The molecule has 2 N–H and O–H groups in total. The minimum absolute atomic E-state index is 0.0228. The van der Waals surface area contributed by atoms with E-state index in [1.165, 1.54) is 10.5 Å². The van der Waals surface area contributed by atoms with E-state index in [4.69, 9.17) is 4.74 Å². The third kappa shape index (κ3) is 3.92. The molecule has 1 aromatic carbocycles. The van der Waals surface area contributed by atoms with Gasteiger partial charge in [0.2, 0.25) is 5.91 Å². The summed E-state index contributed by atoms with van der Waals surface area (Å²) >= 11 is 0. The number of nitrogens with zero attached hydrogens (tertiary/aromatic N) is 3. The summed E-state index contributed by atoms with van der Waals surface area (Å²) in [5.74, 6) is -0.294. The van der Waals surface area contributed by atoms with Crippen molar-refractivity contribution in [2.24, 2.45) is 0 Å². The maximum Gasteiger partial charge on any atom is 0.350 e. The van der Waals surface area contributed by atoms with Gasteiger partial charge in [-0.15, -0.1) is 5.10 Å². The van der Waals surface area contributed by atoms with Gasteiger partial charge in [-0.1, -0.05) is 6.07 Å². The molecule has 0 bridgehead atoms. The molecule has 8 nitrogen and oxygen atoms in total. The number of aromatic nitrogens is 3. The topological polar surface area (TPSA) is 97.9 Å². The van der Waals surface area contributed by atoms with Crippen LogP contribution in [0, 0.1) is 0 Å². The number of anilines is 1. The molecule has 2 heterocycles. The Morgan fingerprint density at radius 1 is 1.31 bits per heavy atom. The molecule has 0 spiro atoms. The first-order valence-electron chi connectivity index (χ1n) is 8.21. The second-order valence-corrected chi connectivity index (χ2v) is 6.12. The van der Waals surface area contributed by atoms with E-state index >= 15 is 0 Å². The normalized spacial score (nSPS) is 11.2. The molecule has 0 unspecified atom stereocenters. The number of hydrogen-bond acceptors (Lipinski definition) is 5. The molecule has 1 amide bonds. The number of aromatic hydroxyl groups is 1. The van der Waals surface area contributed by atoms with Crippen LogP contribution in [-0.4, -0.2) is 31.3 Å². The van der Waals surface area contributed by atoms with Crippen LogP contribution >= 0.6 is 0 Å². The maximum absolute atomic E-state index is 12.3. The first kappa shape index (κ1) is 17.7. The summed E-state index contributed by atoms with van der Waals surface area (Å²) in [6.45, 7) is 3.82. The lowest BCUT2D eigenvalue weighted by atomic mass is 10.2. The molecule has 136 valence electrons. The fraction of sp³-hybridized carbons (Fsp3) is 0.278. The van der Waals surface area contributed by atoms with E-state index in [9.17, 15) is 14.7 Å². The molecule has 3 rings (SSSR count). The predicted molar refractivity (Wildman–Crippen MR) is 96.1 cm³/mol. The molecule has 0 saturated carbocycles. The molecule has 0 radical (unpaired) electrons. The van der Waals surface area contributed by atoms with Gasteiger partial charge < -0.3 is 15.2 Å². The highest BCUT2D eigenvalue weighted by Crippen LogP contribution is 2.22. The van der Waals surface area contributed by atoms with Gasteiger partial charge in [0, 0.05) is 17.4 Å². The Labute approximate surface area is 149 Å². The Balaban J connectivity index is 1.72. The molecule has 0 saturated heterocycles. The van der Waals surface area contributed by atoms with Crippen LogP contribution < -0.4 is 11.0 Å². The molecule has 0 aliphatic heterocycles. The third-order valence-corrected chi connectivity index (χ3v) is 3.72. The number of amides is 1. The van der Waals surface area contributed by atoms with Crippen molar-refractivity contribution in [3.63, 3.8) is 0 Å². The lowest BCUT2D eigenvalue weighted by Crippen LogP contribution is -2.28. The van der Waals surface area contributed by atoms with Crippen molar-refractivity contribution in [3.05, 3.63) is 58.6 Å². The summed E-state index contributed by atoms with van der Waals surface area (Å²) in [6.07, 6.45) is 1.62. The van der Waals surface area contributed by atoms with Gasteiger partial charge >= 0.3 is 5.69 Å². The van der Waals surface area contributed by atoms with Crippen LogP contribution in [0.1, 0.15) is 19.4 Å². The minimum atomic E-state index is -0.392. The first-order valence-corrected chi connectivity index (χ1v) is 8.21. The Morgan fingerprint density at radius 3 is 2.85 bits per heavy atom. The van der Waals surface area contributed by atoms with Crippen LogP contribution in [-0.2, 0) is 22.7 Å². The molecular formula is C18H20N4O4. The Hall–Kier alpha value is -3.13. The number of carbonyl (C=O) groups excluding carboxylic acids is 1. The third-order valence-electron chi connectivity index (χ3n) is 3.72. The molecule has 8 heteroatoms. The second kappa shape index (κ2) is 7.40. The van der Waals surface area contributed by atoms with Crippen LogP contribution in [0.2, 0.25) is 0 Å². The standard InChI is InChI=1S/C18H20N4O4/c1-12(2)26-11-13-9-14(6-7-15(13)23)19-17(24)10-22-18(25)21-8-4-3-5-16(21)20-22/h3-9,12,23H,10-11H2,1-2H3,(H,19,24). The average molecular weight is 356 g/mol. The Kier molecular flexibility index (Phi) is 5.04. The number of carbonyl (C=O) groups is 1. The smallest absolute Gasteiger partial charge is 0.350 e. The molecular weight excluding hydrogens is 336 g/mol. The summed E-state index contributed by atoms with van der Waals surface area (Å²) in [5, 5.41) is 16.7. The van der Waals surface area contributed by atoms with Crippen LogP contribution in [0.3, 0.4) is 0 Å². The number of benzene rings is 1. The molecule has 26 heavy (non-hydrogen) atoms. The number of fused-ring (bicyclic) bond motifs is 1. The highest BCUT2D eigenvalue weighted by molar-refractivity contribution is 5.90. The van der Waals surface area contributed by atoms with Crippen molar-refractivity contribution in [1.82, 2.24) is 14.2 Å². The van der Waals surface area contributed by atoms with Gasteiger partial charge in [0.05, 0.1) is 12.7 Å². The lowest BCUT2D eigenvalue weighted by molar-refractivity contribution is -0.117. The quantitative estimate of drug-likeness (QED) is 0.656. The summed E-state index contributed by atoms with van der Waals surface area (Å²) in [5.41, 5.74) is 1.17. The van der Waals surface area contributed by atoms with Gasteiger partial charge in [0.25, 0.3) is 0 Å². The zero-order chi connectivity index (χ0) is 18.7. The van der Waals surface area contributed by atoms with Crippen molar-refractivity contribution in [2.75, 3.05) is 5.32 Å². The lowest BCUT2D eigenvalue weighted by Gasteiger charge is -2.11. The summed E-state index contributed by atoms with van der Waals surface area (Å²) < 4.78 is 7.96.